The number of hydrogen-bond acceptors (Lipinski definition) is 3. The summed E-state index contributed by atoms with van der Waals surface area (Å²) in [5.74, 6) is 0.116. The van der Waals surface area contributed by atoms with Gasteiger partial charge in [0.05, 0.1) is 4.90 Å². The van der Waals surface area contributed by atoms with E-state index in [4.69, 9.17) is 22.3 Å². The molecule has 4 nitrogen and oxygen atoms in total. The molecule has 1 amide bonds. The Morgan fingerprint density at radius 3 is 2.38 bits per heavy atom. The Morgan fingerprint density at radius 2 is 1.90 bits per heavy atom. The van der Waals surface area contributed by atoms with Crippen molar-refractivity contribution in [1.29, 1.82) is 0 Å². The van der Waals surface area contributed by atoms with E-state index in [2.05, 4.69) is 5.32 Å². The van der Waals surface area contributed by atoms with E-state index in [1.165, 1.54) is 12.1 Å². The molecule has 0 aromatic heterocycles. The van der Waals surface area contributed by atoms with Crippen LogP contribution in [-0.2, 0) is 9.05 Å². The number of nitrogens with one attached hydrogen (secondary N) is 1. The second-order valence-electron chi connectivity index (χ2n) is 5.97. The molecular formula is C14H17Cl2NO3S. The predicted octanol–water partition coefficient (Wildman–Crippen LogP) is 3.49. The van der Waals surface area contributed by atoms with Crippen LogP contribution in [0, 0.1) is 12.8 Å². The summed E-state index contributed by atoms with van der Waals surface area (Å²) in [6, 6.07) is 2.52. The average Bonchev–Trinajstić information content (AvgIpc) is 3.14. The smallest absolute Gasteiger partial charge is 0.261 e. The maximum absolute atomic E-state index is 12.4. The average molecular weight is 350 g/mol. The highest BCUT2D eigenvalue weighted by Crippen LogP contribution is 2.39. The van der Waals surface area contributed by atoms with Gasteiger partial charge in [-0.1, -0.05) is 11.6 Å². The Bertz CT molecular complexity index is 694. The third kappa shape index (κ3) is 3.71. The van der Waals surface area contributed by atoms with Crippen LogP contribution in [0.3, 0.4) is 0 Å². The quantitative estimate of drug-likeness (QED) is 0.846. The van der Waals surface area contributed by atoms with Gasteiger partial charge in [0, 0.05) is 26.8 Å². The fourth-order valence-electron chi connectivity index (χ4n) is 2.30. The summed E-state index contributed by atoms with van der Waals surface area (Å²) < 4.78 is 22.9. The monoisotopic (exact) mass is 349 g/mol. The Kier molecular flexibility index (Phi) is 4.30. The predicted molar refractivity (Wildman–Crippen MR) is 83.5 cm³/mol. The summed E-state index contributed by atoms with van der Waals surface area (Å²) in [7, 11) is 1.40. The second kappa shape index (κ2) is 5.45. The molecule has 0 heterocycles. The lowest BCUT2D eigenvalue weighted by molar-refractivity contribution is 0.0902. The summed E-state index contributed by atoms with van der Waals surface area (Å²) in [6.45, 7) is 5.59. The zero-order chi connectivity index (χ0) is 16.0. The molecule has 7 heteroatoms. The first kappa shape index (κ1) is 16.6. The first-order chi connectivity index (χ1) is 9.52. The number of carbonyl (C=O) groups excluding carboxylic acids is 1. The summed E-state index contributed by atoms with van der Waals surface area (Å²) in [4.78, 5) is 12.3. The number of hydrogen-bond donors (Lipinski definition) is 1. The minimum Gasteiger partial charge on any atom is -0.347 e. The van der Waals surface area contributed by atoms with E-state index in [0.29, 0.717) is 11.5 Å². The van der Waals surface area contributed by atoms with Crippen molar-refractivity contribution in [3.8, 4) is 0 Å². The molecule has 1 aliphatic rings. The molecule has 0 aliphatic heterocycles. The van der Waals surface area contributed by atoms with Crippen LogP contribution < -0.4 is 5.32 Å². The molecule has 21 heavy (non-hydrogen) atoms. The third-order valence-corrected chi connectivity index (χ3v) is 5.60. The summed E-state index contributed by atoms with van der Waals surface area (Å²) in [6.07, 6.45) is 2.17. The van der Waals surface area contributed by atoms with Crippen molar-refractivity contribution in [2.45, 2.75) is 44.0 Å². The fourth-order valence-corrected chi connectivity index (χ4v) is 3.37. The Labute approximate surface area is 134 Å². The van der Waals surface area contributed by atoms with Crippen molar-refractivity contribution in [3.63, 3.8) is 0 Å². The van der Waals surface area contributed by atoms with Crippen LogP contribution in [-0.4, -0.2) is 19.9 Å². The highest BCUT2D eigenvalue weighted by atomic mass is 35.7. The Balaban J connectivity index is 2.38. The minimum atomic E-state index is -3.94. The Morgan fingerprint density at radius 1 is 1.33 bits per heavy atom. The molecule has 0 unspecified atom stereocenters. The number of carbonyl (C=O) groups is 1. The molecular weight excluding hydrogens is 333 g/mol. The van der Waals surface area contributed by atoms with Gasteiger partial charge in [-0.25, -0.2) is 8.42 Å². The van der Waals surface area contributed by atoms with Crippen molar-refractivity contribution in [2.75, 3.05) is 0 Å². The number of amides is 1. The van der Waals surface area contributed by atoms with Gasteiger partial charge in [0.15, 0.2) is 0 Å². The van der Waals surface area contributed by atoms with Crippen LogP contribution in [0.2, 0.25) is 5.02 Å². The van der Waals surface area contributed by atoms with E-state index in [-0.39, 0.29) is 26.9 Å². The molecule has 1 aromatic rings. The zero-order valence-electron chi connectivity index (χ0n) is 12.0. The highest BCUT2D eigenvalue weighted by molar-refractivity contribution is 8.13. The molecule has 0 spiro atoms. The largest absolute Gasteiger partial charge is 0.347 e. The van der Waals surface area contributed by atoms with Gasteiger partial charge in [-0.15, -0.1) is 0 Å². The molecule has 1 saturated carbocycles. The first-order valence-corrected chi connectivity index (χ1v) is 9.28. The van der Waals surface area contributed by atoms with Gasteiger partial charge in [-0.05, 0) is 57.2 Å². The molecule has 1 fully saturated rings. The van der Waals surface area contributed by atoms with Crippen LogP contribution in [0.15, 0.2) is 17.0 Å². The zero-order valence-corrected chi connectivity index (χ0v) is 14.4. The van der Waals surface area contributed by atoms with E-state index in [1.54, 1.807) is 6.92 Å². The highest BCUT2D eigenvalue weighted by Gasteiger charge is 2.39. The van der Waals surface area contributed by atoms with Crippen molar-refractivity contribution in [3.05, 3.63) is 28.3 Å². The molecule has 1 N–H and O–H groups in total. The van der Waals surface area contributed by atoms with Crippen LogP contribution >= 0.6 is 22.3 Å². The van der Waals surface area contributed by atoms with Gasteiger partial charge in [0.2, 0.25) is 0 Å². The van der Waals surface area contributed by atoms with Gasteiger partial charge >= 0.3 is 0 Å². The van der Waals surface area contributed by atoms with Crippen LogP contribution in [0.25, 0.3) is 0 Å². The topological polar surface area (TPSA) is 63.2 Å². The van der Waals surface area contributed by atoms with E-state index >= 15 is 0 Å². The summed E-state index contributed by atoms with van der Waals surface area (Å²) >= 11 is 6.01. The molecule has 0 atom stereocenters. The van der Waals surface area contributed by atoms with Gasteiger partial charge < -0.3 is 5.32 Å². The van der Waals surface area contributed by atoms with Crippen LogP contribution in [0.1, 0.15) is 42.6 Å². The minimum absolute atomic E-state index is 0.172. The van der Waals surface area contributed by atoms with E-state index in [9.17, 15) is 13.2 Å². The maximum atomic E-state index is 12.4. The molecule has 116 valence electrons. The van der Waals surface area contributed by atoms with Gasteiger partial charge in [0.25, 0.3) is 15.0 Å². The van der Waals surface area contributed by atoms with Crippen molar-refractivity contribution >= 4 is 37.2 Å². The lowest BCUT2D eigenvalue weighted by Crippen LogP contribution is -2.45. The summed E-state index contributed by atoms with van der Waals surface area (Å²) in [5.41, 5.74) is 0.437. The van der Waals surface area contributed by atoms with Crippen molar-refractivity contribution in [1.82, 2.24) is 5.32 Å². The van der Waals surface area contributed by atoms with Gasteiger partial charge in [-0.3, -0.25) is 4.79 Å². The fraction of sp³-hybridized carbons (Fsp3) is 0.500. The van der Waals surface area contributed by atoms with E-state index in [0.717, 1.165) is 12.8 Å². The van der Waals surface area contributed by atoms with E-state index < -0.39 is 9.05 Å². The number of rotatable bonds is 4. The van der Waals surface area contributed by atoms with Gasteiger partial charge in [0.1, 0.15) is 0 Å². The van der Waals surface area contributed by atoms with Crippen molar-refractivity contribution in [2.24, 2.45) is 5.92 Å². The molecule has 1 aliphatic carbocycles. The van der Waals surface area contributed by atoms with Crippen LogP contribution in [0.4, 0.5) is 0 Å². The normalized spacial score (nSPS) is 15.9. The van der Waals surface area contributed by atoms with E-state index in [1.807, 2.05) is 13.8 Å². The first-order valence-electron chi connectivity index (χ1n) is 6.59. The SMILES string of the molecule is Cc1c(Cl)cc(S(=O)(=O)Cl)cc1C(=O)NC(C)(C)C1CC1. The second-order valence-corrected chi connectivity index (χ2v) is 8.94. The van der Waals surface area contributed by atoms with Crippen molar-refractivity contribution < 1.29 is 13.2 Å². The molecule has 0 radical (unpaired) electrons. The molecule has 2 rings (SSSR count). The lowest BCUT2D eigenvalue weighted by atomic mass is 9.97. The number of benzene rings is 1. The molecule has 0 saturated heterocycles. The number of halogens is 2. The lowest BCUT2D eigenvalue weighted by Gasteiger charge is -2.26. The third-order valence-electron chi connectivity index (χ3n) is 3.88. The van der Waals surface area contributed by atoms with Gasteiger partial charge in [-0.2, -0.15) is 0 Å². The molecule has 1 aromatic carbocycles. The summed E-state index contributed by atoms with van der Waals surface area (Å²) in [5, 5.41) is 3.15. The molecule has 0 bridgehead atoms. The standard InChI is InChI=1S/C14H17Cl2NO3S/c1-8-11(6-10(7-12(8)15)21(16,19)20)13(18)17-14(2,3)9-4-5-9/h6-7,9H,4-5H2,1-3H3,(H,17,18). The Hall–Kier alpha value is -0.780. The maximum Gasteiger partial charge on any atom is 0.261 e. The van der Waals surface area contributed by atoms with Crippen LogP contribution in [0.5, 0.6) is 0 Å².